The fourth-order valence-electron chi connectivity index (χ4n) is 4.19. The zero-order valence-electron chi connectivity index (χ0n) is 18.1. The van der Waals surface area contributed by atoms with E-state index < -0.39 is 11.0 Å². The van der Waals surface area contributed by atoms with Gasteiger partial charge in [0, 0.05) is 35.5 Å². The Morgan fingerprint density at radius 3 is 2.52 bits per heavy atom. The predicted octanol–water partition coefficient (Wildman–Crippen LogP) is 4.27. The molecule has 0 N–H and O–H groups in total. The molecule has 1 saturated heterocycles. The molecule has 0 spiro atoms. The van der Waals surface area contributed by atoms with Gasteiger partial charge in [-0.05, 0) is 29.7 Å². The van der Waals surface area contributed by atoms with E-state index in [2.05, 4.69) is 0 Å². The van der Waals surface area contributed by atoms with Gasteiger partial charge in [0.25, 0.3) is 0 Å². The first-order valence-electron chi connectivity index (χ1n) is 10.6. The number of hydrogen-bond acceptors (Lipinski definition) is 5. The fourth-order valence-corrected chi connectivity index (χ4v) is 4.19. The summed E-state index contributed by atoms with van der Waals surface area (Å²) in [5, 5.41) is 2.76. The number of carbonyl (C=O) groups is 2. The maximum absolute atomic E-state index is 12.7. The number of esters is 1. The molecular weight excluding hydrogens is 394 g/mol. The van der Waals surface area contributed by atoms with Crippen molar-refractivity contribution >= 4 is 33.6 Å². The number of hydrogen-bond donors (Lipinski definition) is 0. The Bertz CT molecular complexity index is 1200. The monoisotopic (exact) mass is 421 g/mol. The molecule has 162 valence electrons. The number of amides is 1. The van der Waals surface area contributed by atoms with E-state index in [1.807, 2.05) is 56.0 Å². The van der Waals surface area contributed by atoms with Gasteiger partial charge in [-0.1, -0.05) is 51.1 Å². The van der Waals surface area contributed by atoms with Crippen molar-refractivity contribution in [3.63, 3.8) is 0 Å². The highest BCUT2D eigenvalue weighted by molar-refractivity contribution is 6.07. The molecule has 31 heavy (non-hydrogen) atoms. The minimum atomic E-state index is -0.470. The maximum Gasteiger partial charge on any atom is 0.336 e. The van der Waals surface area contributed by atoms with Crippen LogP contribution in [-0.4, -0.2) is 29.9 Å². The van der Waals surface area contributed by atoms with Crippen LogP contribution in [0, 0.1) is 11.3 Å². The van der Waals surface area contributed by atoms with Gasteiger partial charge in [-0.2, -0.15) is 0 Å². The molecule has 0 saturated carbocycles. The fraction of sp³-hybridized carbons (Fsp3) is 0.400. The lowest BCUT2D eigenvalue weighted by molar-refractivity contribution is -0.154. The van der Waals surface area contributed by atoms with Crippen molar-refractivity contribution in [3.8, 4) is 0 Å². The number of benzene rings is 2. The van der Waals surface area contributed by atoms with Crippen molar-refractivity contribution in [2.45, 2.75) is 40.2 Å². The minimum absolute atomic E-state index is 0.01000. The molecule has 1 fully saturated rings. The second-order valence-electron chi connectivity index (χ2n) is 9.17. The largest absolute Gasteiger partial charge is 0.461 e. The third-order valence-electron chi connectivity index (χ3n) is 5.84. The highest BCUT2D eigenvalue weighted by Crippen LogP contribution is 2.29. The van der Waals surface area contributed by atoms with Gasteiger partial charge < -0.3 is 14.1 Å². The van der Waals surface area contributed by atoms with Crippen LogP contribution in [0.25, 0.3) is 21.7 Å². The molecule has 1 aromatic heterocycles. The van der Waals surface area contributed by atoms with Gasteiger partial charge in [0.2, 0.25) is 5.91 Å². The second-order valence-corrected chi connectivity index (χ2v) is 9.17. The average molecular weight is 421 g/mol. The Morgan fingerprint density at radius 1 is 1.10 bits per heavy atom. The molecule has 3 aromatic rings. The van der Waals surface area contributed by atoms with E-state index >= 15 is 0 Å². The Morgan fingerprint density at radius 2 is 1.81 bits per heavy atom. The zero-order valence-corrected chi connectivity index (χ0v) is 18.1. The Balaban J connectivity index is 1.49. The molecule has 0 unspecified atom stereocenters. The lowest BCUT2D eigenvalue weighted by Crippen LogP contribution is -2.45. The number of fused-ring (bicyclic) bond motifs is 3. The van der Waals surface area contributed by atoms with Crippen LogP contribution in [0.2, 0.25) is 0 Å². The molecule has 1 amide bonds. The SMILES string of the molecule is CC(C)(C)C(=O)N1CCC(C(=O)OCc2cc(=O)oc3ccc4ccccc4c23)CC1. The van der Waals surface area contributed by atoms with E-state index in [9.17, 15) is 14.4 Å². The van der Waals surface area contributed by atoms with Gasteiger partial charge in [-0.15, -0.1) is 0 Å². The molecule has 4 rings (SSSR count). The van der Waals surface area contributed by atoms with E-state index in [1.54, 1.807) is 6.07 Å². The molecule has 0 radical (unpaired) electrons. The summed E-state index contributed by atoms with van der Waals surface area (Å²) in [6, 6.07) is 12.9. The van der Waals surface area contributed by atoms with E-state index in [0.29, 0.717) is 37.1 Å². The van der Waals surface area contributed by atoms with Gasteiger partial charge in [0.1, 0.15) is 12.2 Å². The maximum atomic E-state index is 12.7. The van der Waals surface area contributed by atoms with Crippen LogP contribution >= 0.6 is 0 Å². The summed E-state index contributed by atoms with van der Waals surface area (Å²) in [6.45, 7) is 6.83. The minimum Gasteiger partial charge on any atom is -0.461 e. The Hall–Kier alpha value is -3.15. The summed E-state index contributed by atoms with van der Waals surface area (Å²) < 4.78 is 11.0. The van der Waals surface area contributed by atoms with E-state index in [1.165, 1.54) is 6.07 Å². The quantitative estimate of drug-likeness (QED) is 0.359. The first-order chi connectivity index (χ1) is 14.7. The first kappa shape index (κ1) is 21.1. The smallest absolute Gasteiger partial charge is 0.336 e. The summed E-state index contributed by atoms with van der Waals surface area (Å²) >= 11 is 0. The summed E-state index contributed by atoms with van der Waals surface area (Å²) in [5.74, 6) is -0.426. The van der Waals surface area contributed by atoms with Gasteiger partial charge in [0.05, 0.1) is 5.92 Å². The third kappa shape index (κ3) is 4.33. The molecular formula is C25H27NO5. The lowest BCUT2D eigenvalue weighted by Gasteiger charge is -2.34. The summed E-state index contributed by atoms with van der Waals surface area (Å²) in [6.07, 6.45) is 1.17. The van der Waals surface area contributed by atoms with Crippen molar-refractivity contribution in [1.29, 1.82) is 0 Å². The second kappa shape index (κ2) is 8.17. The average Bonchev–Trinajstić information content (AvgIpc) is 2.75. The highest BCUT2D eigenvalue weighted by atomic mass is 16.5. The number of rotatable bonds is 3. The molecule has 0 atom stereocenters. The summed E-state index contributed by atoms with van der Waals surface area (Å²) in [5.41, 5.74) is 0.219. The van der Waals surface area contributed by atoms with Crippen molar-refractivity contribution in [1.82, 2.24) is 4.90 Å². The van der Waals surface area contributed by atoms with Crippen LogP contribution in [0.4, 0.5) is 0 Å². The zero-order chi connectivity index (χ0) is 22.2. The van der Waals surface area contributed by atoms with Crippen molar-refractivity contribution < 1.29 is 18.7 Å². The number of piperidine rings is 1. The summed E-state index contributed by atoms with van der Waals surface area (Å²) in [4.78, 5) is 39.0. The third-order valence-corrected chi connectivity index (χ3v) is 5.84. The number of nitrogens with zero attached hydrogens (tertiary/aromatic N) is 1. The van der Waals surface area contributed by atoms with Gasteiger partial charge >= 0.3 is 11.6 Å². The van der Waals surface area contributed by atoms with Crippen LogP contribution in [-0.2, 0) is 20.9 Å². The lowest BCUT2D eigenvalue weighted by atomic mass is 9.91. The predicted molar refractivity (Wildman–Crippen MR) is 119 cm³/mol. The Labute approximate surface area is 180 Å². The van der Waals surface area contributed by atoms with Gasteiger partial charge in [-0.3, -0.25) is 9.59 Å². The molecule has 0 bridgehead atoms. The van der Waals surface area contributed by atoms with Crippen LogP contribution in [0.5, 0.6) is 0 Å². The van der Waals surface area contributed by atoms with Gasteiger partial charge in [-0.25, -0.2) is 4.79 Å². The standard InChI is InChI=1S/C25H27NO5/c1-25(2,3)24(29)26-12-10-17(11-13-26)23(28)30-15-18-14-21(27)31-20-9-8-16-6-4-5-7-19(16)22(18)20/h4-9,14,17H,10-13,15H2,1-3H3. The van der Waals surface area contributed by atoms with Crippen LogP contribution in [0.3, 0.4) is 0 Å². The topological polar surface area (TPSA) is 76.8 Å². The highest BCUT2D eigenvalue weighted by Gasteiger charge is 2.33. The Kier molecular flexibility index (Phi) is 5.56. The number of likely N-dealkylation sites (tertiary alicyclic amines) is 1. The first-order valence-corrected chi connectivity index (χ1v) is 10.6. The van der Waals surface area contributed by atoms with E-state index in [4.69, 9.17) is 9.15 Å². The summed E-state index contributed by atoms with van der Waals surface area (Å²) in [7, 11) is 0. The number of ether oxygens (including phenoxy) is 1. The molecule has 1 aliphatic rings. The van der Waals surface area contributed by atoms with E-state index in [0.717, 1.165) is 16.2 Å². The van der Waals surface area contributed by atoms with Crippen molar-refractivity contribution in [2.24, 2.45) is 11.3 Å². The molecule has 2 heterocycles. The molecule has 6 nitrogen and oxygen atoms in total. The van der Waals surface area contributed by atoms with Gasteiger partial charge in [0.15, 0.2) is 0 Å². The normalized spacial score (nSPS) is 15.4. The molecule has 0 aliphatic carbocycles. The molecule has 2 aromatic carbocycles. The molecule has 1 aliphatic heterocycles. The van der Waals surface area contributed by atoms with Crippen LogP contribution in [0.1, 0.15) is 39.2 Å². The van der Waals surface area contributed by atoms with Crippen LogP contribution in [0.15, 0.2) is 51.7 Å². The van der Waals surface area contributed by atoms with Crippen LogP contribution < -0.4 is 5.63 Å². The molecule has 6 heteroatoms. The van der Waals surface area contributed by atoms with E-state index in [-0.39, 0.29) is 24.4 Å². The number of carbonyl (C=O) groups excluding carboxylic acids is 2. The van der Waals surface area contributed by atoms with Crippen molar-refractivity contribution in [2.75, 3.05) is 13.1 Å². The van der Waals surface area contributed by atoms with Crippen molar-refractivity contribution in [3.05, 3.63) is 58.4 Å².